The van der Waals surface area contributed by atoms with E-state index in [1.165, 1.54) is 5.56 Å². The summed E-state index contributed by atoms with van der Waals surface area (Å²) in [5, 5.41) is 5.73. The molecule has 6 aromatic rings. The van der Waals surface area contributed by atoms with Gasteiger partial charge in [-0.05, 0) is 35.4 Å². The third kappa shape index (κ3) is 3.96. The van der Waals surface area contributed by atoms with Crippen molar-refractivity contribution >= 4 is 51.0 Å². The van der Waals surface area contributed by atoms with E-state index >= 15 is 0 Å². The molecule has 0 aliphatic rings. The van der Waals surface area contributed by atoms with Crippen LogP contribution in [0.2, 0.25) is 5.02 Å². The lowest BCUT2D eigenvalue weighted by Crippen LogP contribution is -2.27. The van der Waals surface area contributed by atoms with Gasteiger partial charge in [-0.25, -0.2) is 24.3 Å². The summed E-state index contributed by atoms with van der Waals surface area (Å²) < 4.78 is 3.31. The Hall–Kier alpha value is -4.36. The first-order valence-corrected chi connectivity index (χ1v) is 11.6. The molecule has 0 aliphatic heterocycles. The van der Waals surface area contributed by atoms with Gasteiger partial charge in [0.05, 0.1) is 23.8 Å². The molecule has 0 saturated carbocycles. The Morgan fingerprint density at radius 3 is 2.51 bits per heavy atom. The monoisotopic (exact) mass is 479 g/mol. The highest BCUT2D eigenvalue weighted by atomic mass is 35.5. The lowest BCUT2D eigenvalue weighted by Gasteiger charge is -2.02. The first kappa shape index (κ1) is 21.2. The normalized spacial score (nSPS) is 11.8. The average molecular weight is 480 g/mol. The van der Waals surface area contributed by atoms with Crippen molar-refractivity contribution in [1.29, 1.82) is 0 Å². The molecule has 3 heterocycles. The number of rotatable bonds is 5. The summed E-state index contributed by atoms with van der Waals surface area (Å²) >= 11 is 6.13. The van der Waals surface area contributed by atoms with Gasteiger partial charge in [0, 0.05) is 11.4 Å². The van der Waals surface area contributed by atoms with E-state index in [-0.39, 0.29) is 5.56 Å². The quantitative estimate of drug-likeness (QED) is 0.342. The summed E-state index contributed by atoms with van der Waals surface area (Å²) in [4.78, 5) is 26.5. The molecule has 0 radical (unpaired) electrons. The summed E-state index contributed by atoms with van der Waals surface area (Å²) in [5.41, 5.74) is 4.86. The maximum Gasteiger partial charge on any atom is 0.322 e. The molecular formula is C27H20ClN6O+. The molecule has 0 amide bonds. The molecule has 0 atom stereocenters. The van der Waals surface area contributed by atoms with Crippen molar-refractivity contribution in [3.63, 3.8) is 0 Å². The van der Waals surface area contributed by atoms with E-state index in [0.717, 1.165) is 23.0 Å². The van der Waals surface area contributed by atoms with E-state index in [9.17, 15) is 4.79 Å². The number of fused-ring (bicyclic) bond motifs is 4. The van der Waals surface area contributed by atoms with Crippen LogP contribution < -0.4 is 10.5 Å². The Labute approximate surface area is 205 Å². The van der Waals surface area contributed by atoms with Crippen LogP contribution in [0.5, 0.6) is 0 Å². The van der Waals surface area contributed by atoms with E-state index in [1.807, 2.05) is 66.7 Å². The highest BCUT2D eigenvalue weighted by molar-refractivity contribution is 6.30. The van der Waals surface area contributed by atoms with Crippen LogP contribution in [-0.4, -0.2) is 25.4 Å². The number of halogens is 1. The van der Waals surface area contributed by atoms with Gasteiger partial charge in [0.25, 0.3) is 5.65 Å². The fourth-order valence-corrected chi connectivity index (χ4v) is 4.39. The van der Waals surface area contributed by atoms with Crippen LogP contribution in [0.1, 0.15) is 11.1 Å². The number of nitrogens with zero attached hydrogens (tertiary/aromatic N) is 5. The Bertz CT molecular complexity index is 1790. The van der Waals surface area contributed by atoms with Crippen LogP contribution in [0.15, 0.2) is 95.1 Å². The molecule has 170 valence electrons. The average Bonchev–Trinajstić information content (AvgIpc) is 3.19. The molecule has 3 aromatic carbocycles. The minimum atomic E-state index is -0.138. The Morgan fingerprint density at radius 1 is 0.943 bits per heavy atom. The molecule has 1 N–H and O–H groups in total. The summed E-state index contributed by atoms with van der Waals surface area (Å²) in [7, 11) is 0. The van der Waals surface area contributed by atoms with Crippen molar-refractivity contribution in [2.45, 2.75) is 13.0 Å². The minimum absolute atomic E-state index is 0.138. The number of H-pyrrole nitrogens is 1. The predicted molar refractivity (Wildman–Crippen MR) is 138 cm³/mol. The summed E-state index contributed by atoms with van der Waals surface area (Å²) in [6.07, 6.45) is 4.12. The molecule has 3 aromatic heterocycles. The molecule has 0 aliphatic carbocycles. The van der Waals surface area contributed by atoms with Gasteiger partial charge < -0.3 is 0 Å². The van der Waals surface area contributed by atoms with Crippen molar-refractivity contribution in [2.75, 3.05) is 0 Å². The predicted octanol–water partition coefficient (Wildman–Crippen LogP) is 4.49. The zero-order valence-corrected chi connectivity index (χ0v) is 19.4. The second-order valence-electron chi connectivity index (χ2n) is 8.23. The molecule has 0 fully saturated rings. The summed E-state index contributed by atoms with van der Waals surface area (Å²) in [5.74, 6) is 0. The van der Waals surface area contributed by atoms with Gasteiger partial charge in [0.15, 0.2) is 11.7 Å². The molecule has 7 nitrogen and oxygen atoms in total. The molecule has 0 spiro atoms. The highest BCUT2D eigenvalue weighted by Crippen LogP contribution is 2.24. The number of aromatic amines is 1. The topological polar surface area (TPSA) is 79.2 Å². The van der Waals surface area contributed by atoms with Gasteiger partial charge in [-0.3, -0.25) is 0 Å². The summed E-state index contributed by atoms with van der Waals surface area (Å²) in [6, 6.07) is 25.1. The second kappa shape index (κ2) is 8.77. The third-order valence-electron chi connectivity index (χ3n) is 5.93. The Morgan fingerprint density at radius 2 is 1.71 bits per heavy atom. The molecule has 0 bridgehead atoms. The van der Waals surface area contributed by atoms with Crippen LogP contribution in [0, 0.1) is 0 Å². The number of para-hydroxylation sites is 2. The molecular weight excluding hydrogens is 460 g/mol. The first-order chi connectivity index (χ1) is 17.2. The van der Waals surface area contributed by atoms with Gasteiger partial charge in [-0.15, -0.1) is 9.78 Å². The highest BCUT2D eigenvalue weighted by Gasteiger charge is 2.24. The van der Waals surface area contributed by atoms with Gasteiger partial charge in [-0.2, -0.15) is 0 Å². The number of aromatic nitrogens is 5. The van der Waals surface area contributed by atoms with Gasteiger partial charge >= 0.3 is 5.56 Å². The van der Waals surface area contributed by atoms with E-state index < -0.39 is 0 Å². The Kier molecular flexibility index (Phi) is 5.31. The van der Waals surface area contributed by atoms with Crippen LogP contribution >= 0.6 is 11.6 Å². The fourth-order valence-electron chi connectivity index (χ4n) is 4.19. The first-order valence-electron chi connectivity index (χ1n) is 11.2. The lowest BCUT2D eigenvalue weighted by atomic mass is 10.1. The van der Waals surface area contributed by atoms with Gasteiger partial charge in [0.2, 0.25) is 5.65 Å². The van der Waals surface area contributed by atoms with Crippen molar-refractivity contribution in [1.82, 2.24) is 19.2 Å². The molecule has 0 unspecified atom stereocenters. The minimum Gasteiger partial charge on any atom is -0.250 e. The number of benzene rings is 3. The number of nitrogens with one attached hydrogen (secondary N) is 1. The molecule has 0 saturated heterocycles. The van der Waals surface area contributed by atoms with Crippen molar-refractivity contribution in [3.8, 4) is 0 Å². The second-order valence-corrected chi connectivity index (χ2v) is 8.66. The van der Waals surface area contributed by atoms with Crippen LogP contribution in [0.4, 0.5) is 0 Å². The third-order valence-corrected chi connectivity index (χ3v) is 6.16. The maximum atomic E-state index is 13.6. The van der Waals surface area contributed by atoms with Crippen molar-refractivity contribution < 1.29 is 4.98 Å². The lowest BCUT2D eigenvalue weighted by molar-refractivity contribution is -0.357. The zero-order chi connectivity index (χ0) is 23.8. The number of hydrogen-bond donors (Lipinski definition) is 0. The molecule has 6 rings (SSSR count). The van der Waals surface area contributed by atoms with E-state index in [2.05, 4.69) is 22.2 Å². The molecule has 35 heavy (non-hydrogen) atoms. The zero-order valence-electron chi connectivity index (χ0n) is 18.6. The smallest absolute Gasteiger partial charge is 0.250 e. The van der Waals surface area contributed by atoms with Gasteiger partial charge in [0.1, 0.15) is 5.52 Å². The van der Waals surface area contributed by atoms with Crippen molar-refractivity contribution in [2.24, 2.45) is 5.10 Å². The van der Waals surface area contributed by atoms with Gasteiger partial charge in [-0.1, -0.05) is 66.2 Å². The van der Waals surface area contributed by atoms with Crippen LogP contribution in [0.25, 0.3) is 33.2 Å². The Balaban J connectivity index is 1.54. The van der Waals surface area contributed by atoms with Crippen molar-refractivity contribution in [3.05, 3.63) is 112 Å². The standard InChI is InChI=1S/C27H19ClN6O/c28-20-10-6-9-19(15-20)16-30-34-25-23(24-26(34)32-22-12-5-4-11-21(22)31-24)27(35)33(17-29-25)14-13-18-7-2-1-3-8-18/h1-12,15-17H,13-14H2/p+1. The van der Waals surface area contributed by atoms with E-state index in [4.69, 9.17) is 21.6 Å². The maximum absolute atomic E-state index is 13.6. The number of hydrogen-bond acceptors (Lipinski definition) is 4. The summed E-state index contributed by atoms with van der Waals surface area (Å²) in [6.45, 7) is 0.536. The molecule has 8 heteroatoms. The van der Waals surface area contributed by atoms with E-state index in [1.54, 1.807) is 21.8 Å². The van der Waals surface area contributed by atoms with E-state index in [0.29, 0.717) is 33.8 Å². The number of aryl methyl sites for hydroxylation is 2. The fraction of sp³-hybridized carbons (Fsp3) is 0.0741. The largest absolute Gasteiger partial charge is 0.322 e. The van der Waals surface area contributed by atoms with Crippen LogP contribution in [-0.2, 0) is 13.0 Å². The van der Waals surface area contributed by atoms with Crippen LogP contribution in [0.3, 0.4) is 0 Å². The SMILES string of the molecule is O=c1c2c3nc4ccccc4nc3n(N=Cc3cccc(Cl)c3)c2[nH+]cn1CCc1ccccc1.